The Hall–Kier alpha value is -1.30. The number of rotatable bonds is 3. The third-order valence-corrected chi connectivity index (χ3v) is 3.56. The Morgan fingerprint density at radius 3 is 2.56 bits per heavy atom. The van der Waals surface area contributed by atoms with Gasteiger partial charge >= 0.3 is 12.0 Å². The van der Waals surface area contributed by atoms with Crippen LogP contribution in [0, 0.1) is 5.92 Å². The van der Waals surface area contributed by atoms with Gasteiger partial charge in [-0.05, 0) is 19.3 Å². The maximum Gasteiger partial charge on any atom is 0.329 e. The molecule has 0 spiro atoms. The average molecular weight is 256 g/mol. The summed E-state index contributed by atoms with van der Waals surface area (Å²) in [5, 5.41) is 8.56. The van der Waals surface area contributed by atoms with Crippen molar-refractivity contribution < 1.29 is 19.4 Å². The molecule has 1 atom stereocenters. The lowest BCUT2D eigenvalue weighted by Gasteiger charge is -2.48. The average Bonchev–Trinajstić information content (AvgIpc) is 2.68. The second-order valence-corrected chi connectivity index (χ2v) is 5.61. The first-order chi connectivity index (χ1) is 8.39. The number of likely N-dealkylation sites (tertiary alicyclic amines) is 2. The van der Waals surface area contributed by atoms with E-state index in [0.717, 1.165) is 19.5 Å². The van der Waals surface area contributed by atoms with Crippen LogP contribution in [0.25, 0.3) is 0 Å². The molecular weight excluding hydrogens is 236 g/mol. The Labute approximate surface area is 106 Å². The number of ether oxygens (including phenoxy) is 1. The quantitative estimate of drug-likeness (QED) is 0.803. The van der Waals surface area contributed by atoms with E-state index in [2.05, 4.69) is 6.92 Å². The van der Waals surface area contributed by atoms with Gasteiger partial charge in [-0.15, -0.1) is 0 Å². The van der Waals surface area contributed by atoms with E-state index in [1.165, 1.54) is 0 Å². The van der Waals surface area contributed by atoms with Gasteiger partial charge in [-0.1, -0.05) is 6.92 Å². The van der Waals surface area contributed by atoms with E-state index in [0.29, 0.717) is 19.0 Å². The summed E-state index contributed by atoms with van der Waals surface area (Å²) in [5.74, 6) is -0.403. The lowest BCUT2D eigenvalue weighted by Crippen LogP contribution is -2.65. The number of carboxylic acids is 1. The molecule has 2 aliphatic rings. The minimum atomic E-state index is -0.977. The highest BCUT2D eigenvalue weighted by atomic mass is 16.5. The first kappa shape index (κ1) is 13.1. The number of urea groups is 1. The molecule has 6 nitrogen and oxygen atoms in total. The molecule has 18 heavy (non-hydrogen) atoms. The topological polar surface area (TPSA) is 70.1 Å². The fourth-order valence-electron chi connectivity index (χ4n) is 2.53. The molecule has 0 aliphatic carbocycles. The maximum absolute atomic E-state index is 12.1. The highest BCUT2D eigenvalue weighted by molar-refractivity contribution is 5.76. The van der Waals surface area contributed by atoms with E-state index in [1.54, 1.807) is 4.90 Å². The van der Waals surface area contributed by atoms with E-state index < -0.39 is 11.6 Å². The Morgan fingerprint density at radius 2 is 2.06 bits per heavy atom. The zero-order chi connectivity index (χ0) is 13.3. The standard InChI is InChI=1S/C12H20N2O4/c1-9-3-4-13(5-9)11(17)14-7-12(2,8-14)18-6-10(15)16/h9H,3-8H2,1-2H3,(H,15,16). The molecule has 6 heteroatoms. The van der Waals surface area contributed by atoms with Gasteiger partial charge in [0.2, 0.25) is 0 Å². The van der Waals surface area contributed by atoms with Crippen LogP contribution >= 0.6 is 0 Å². The van der Waals surface area contributed by atoms with Gasteiger partial charge in [-0.2, -0.15) is 0 Å². The van der Waals surface area contributed by atoms with Crippen LogP contribution in [0.5, 0.6) is 0 Å². The van der Waals surface area contributed by atoms with Crippen LogP contribution in [0.3, 0.4) is 0 Å². The van der Waals surface area contributed by atoms with Crippen molar-refractivity contribution in [2.24, 2.45) is 5.92 Å². The van der Waals surface area contributed by atoms with Crippen molar-refractivity contribution in [3.63, 3.8) is 0 Å². The third-order valence-electron chi connectivity index (χ3n) is 3.56. The van der Waals surface area contributed by atoms with Crippen LogP contribution in [-0.2, 0) is 9.53 Å². The normalized spacial score (nSPS) is 26.0. The number of hydrogen-bond acceptors (Lipinski definition) is 3. The predicted octanol–water partition coefficient (Wildman–Crippen LogP) is 0.624. The SMILES string of the molecule is CC1CCN(C(=O)N2CC(C)(OCC(=O)O)C2)C1. The molecule has 0 aromatic carbocycles. The first-order valence-electron chi connectivity index (χ1n) is 6.29. The van der Waals surface area contributed by atoms with Gasteiger partial charge in [0.1, 0.15) is 12.2 Å². The van der Waals surface area contributed by atoms with Crippen molar-refractivity contribution in [2.75, 3.05) is 32.8 Å². The van der Waals surface area contributed by atoms with Gasteiger partial charge in [0, 0.05) is 13.1 Å². The van der Waals surface area contributed by atoms with Crippen molar-refractivity contribution >= 4 is 12.0 Å². The van der Waals surface area contributed by atoms with Crippen molar-refractivity contribution in [3.8, 4) is 0 Å². The summed E-state index contributed by atoms with van der Waals surface area (Å²) >= 11 is 0. The van der Waals surface area contributed by atoms with Gasteiger partial charge in [-0.3, -0.25) is 0 Å². The molecule has 1 N–H and O–H groups in total. The number of carbonyl (C=O) groups is 2. The minimum Gasteiger partial charge on any atom is -0.480 e. The molecule has 0 saturated carbocycles. The number of carboxylic acid groups (broad SMARTS) is 1. The smallest absolute Gasteiger partial charge is 0.329 e. The molecule has 0 aromatic rings. The highest BCUT2D eigenvalue weighted by Crippen LogP contribution is 2.27. The van der Waals surface area contributed by atoms with Crippen LogP contribution in [0.15, 0.2) is 0 Å². The van der Waals surface area contributed by atoms with E-state index in [9.17, 15) is 9.59 Å². The van der Waals surface area contributed by atoms with Crippen molar-refractivity contribution in [2.45, 2.75) is 25.9 Å². The number of nitrogens with zero attached hydrogens (tertiary/aromatic N) is 2. The highest BCUT2D eigenvalue weighted by Gasteiger charge is 2.44. The van der Waals surface area contributed by atoms with Gasteiger partial charge in [0.15, 0.2) is 0 Å². The number of carbonyl (C=O) groups excluding carboxylic acids is 1. The molecule has 2 heterocycles. The third kappa shape index (κ3) is 2.75. The Morgan fingerprint density at radius 1 is 1.39 bits per heavy atom. The Bertz CT molecular complexity index is 352. The van der Waals surface area contributed by atoms with Gasteiger partial charge in [0.05, 0.1) is 13.1 Å². The molecule has 2 aliphatic heterocycles. The first-order valence-corrected chi connectivity index (χ1v) is 6.29. The lowest BCUT2D eigenvalue weighted by atomic mass is 9.97. The van der Waals surface area contributed by atoms with Crippen LogP contribution in [-0.4, -0.2) is 65.3 Å². The summed E-state index contributed by atoms with van der Waals surface area (Å²) in [6.07, 6.45) is 1.06. The second-order valence-electron chi connectivity index (χ2n) is 5.61. The zero-order valence-electron chi connectivity index (χ0n) is 10.9. The predicted molar refractivity (Wildman–Crippen MR) is 64.3 cm³/mol. The molecule has 0 radical (unpaired) electrons. The van der Waals surface area contributed by atoms with Crippen molar-refractivity contribution in [1.29, 1.82) is 0 Å². The molecular formula is C12H20N2O4. The molecule has 102 valence electrons. The Balaban J connectivity index is 1.77. The van der Waals surface area contributed by atoms with E-state index >= 15 is 0 Å². The fraction of sp³-hybridized carbons (Fsp3) is 0.833. The molecule has 2 saturated heterocycles. The number of amides is 2. The second kappa shape index (κ2) is 4.76. The van der Waals surface area contributed by atoms with Crippen molar-refractivity contribution in [3.05, 3.63) is 0 Å². The summed E-state index contributed by atoms with van der Waals surface area (Å²) in [6.45, 7) is 6.27. The van der Waals surface area contributed by atoms with Gasteiger partial charge < -0.3 is 19.6 Å². The molecule has 2 amide bonds. The van der Waals surface area contributed by atoms with E-state index in [4.69, 9.17) is 9.84 Å². The fourth-order valence-corrected chi connectivity index (χ4v) is 2.53. The van der Waals surface area contributed by atoms with Crippen LogP contribution in [0.1, 0.15) is 20.3 Å². The monoisotopic (exact) mass is 256 g/mol. The minimum absolute atomic E-state index is 0.0516. The maximum atomic E-state index is 12.1. The number of aliphatic carboxylic acids is 1. The molecule has 0 aromatic heterocycles. The summed E-state index contributed by atoms with van der Waals surface area (Å²) in [6, 6.07) is 0.0516. The van der Waals surface area contributed by atoms with Crippen LogP contribution < -0.4 is 0 Å². The molecule has 2 rings (SSSR count). The summed E-state index contributed by atoms with van der Waals surface area (Å²) < 4.78 is 5.28. The largest absolute Gasteiger partial charge is 0.480 e. The summed E-state index contributed by atoms with van der Waals surface area (Å²) in [5.41, 5.74) is -0.501. The van der Waals surface area contributed by atoms with Crippen LogP contribution in [0.2, 0.25) is 0 Å². The summed E-state index contributed by atoms with van der Waals surface area (Å²) in [7, 11) is 0. The Kier molecular flexibility index (Phi) is 3.47. The lowest BCUT2D eigenvalue weighted by molar-refractivity contribution is -0.160. The van der Waals surface area contributed by atoms with Crippen molar-refractivity contribution in [1.82, 2.24) is 9.80 Å². The molecule has 0 bridgehead atoms. The zero-order valence-corrected chi connectivity index (χ0v) is 10.9. The molecule has 1 unspecified atom stereocenters. The van der Waals surface area contributed by atoms with E-state index in [1.807, 2.05) is 11.8 Å². The van der Waals surface area contributed by atoms with Crippen LogP contribution in [0.4, 0.5) is 4.79 Å². The summed E-state index contributed by atoms with van der Waals surface area (Å²) in [4.78, 5) is 26.1. The van der Waals surface area contributed by atoms with Gasteiger partial charge in [-0.25, -0.2) is 9.59 Å². The van der Waals surface area contributed by atoms with E-state index in [-0.39, 0.29) is 12.6 Å². The molecule has 2 fully saturated rings. The number of hydrogen-bond donors (Lipinski definition) is 1. The van der Waals surface area contributed by atoms with Gasteiger partial charge in [0.25, 0.3) is 0 Å².